The molecule has 0 amide bonds. The molecule has 2 nitrogen and oxygen atoms in total. The van der Waals surface area contributed by atoms with Crippen LogP contribution in [0.25, 0.3) is 22.9 Å². The highest BCUT2D eigenvalue weighted by molar-refractivity contribution is 5.95. The predicted octanol–water partition coefficient (Wildman–Crippen LogP) is 2.20. The molecule has 0 fully saturated rings. The van der Waals surface area contributed by atoms with E-state index >= 15 is 0 Å². The lowest BCUT2D eigenvalue weighted by atomic mass is 10.1. The zero-order valence-electron chi connectivity index (χ0n) is 9.95. The Bertz CT molecular complexity index is 777. The van der Waals surface area contributed by atoms with Crippen molar-refractivity contribution in [1.29, 1.82) is 0 Å². The van der Waals surface area contributed by atoms with Crippen LogP contribution in [-0.2, 0) is 0 Å². The largest absolute Gasteiger partial charge is 0.317 e. The summed E-state index contributed by atoms with van der Waals surface area (Å²) in [5.74, 6) is 0. The van der Waals surface area contributed by atoms with Gasteiger partial charge in [-0.25, -0.2) is 0 Å². The maximum Gasteiger partial charge on any atom is 0.189 e. The van der Waals surface area contributed by atoms with Crippen molar-refractivity contribution in [1.82, 2.24) is 4.40 Å². The van der Waals surface area contributed by atoms with Gasteiger partial charge in [0.25, 0.3) is 0 Å². The Balaban J connectivity index is 2.86. The number of benzene rings is 1. The molecule has 0 saturated carbocycles. The quantitative estimate of drug-likeness (QED) is 0.572. The Morgan fingerprint density at radius 3 is 2.47 bits per heavy atom. The van der Waals surface area contributed by atoms with Gasteiger partial charge in [-0.1, -0.05) is 18.7 Å². The summed E-state index contributed by atoms with van der Waals surface area (Å²) >= 11 is 0. The standard InChI is InChI=1S/C15H13NO/c1-9-7-10(2)16-11(3)8-14(17)13-6-4-5-12(9)15(13)16/h4-8H,1H2,2-3H3. The van der Waals surface area contributed by atoms with Crippen molar-refractivity contribution in [2.45, 2.75) is 13.8 Å². The van der Waals surface area contributed by atoms with Crippen LogP contribution in [0.15, 0.2) is 35.1 Å². The van der Waals surface area contributed by atoms with E-state index in [1.54, 1.807) is 6.07 Å². The number of aryl methyl sites for hydroxylation is 2. The molecule has 0 radical (unpaired) electrons. The monoisotopic (exact) mass is 223 g/mol. The van der Waals surface area contributed by atoms with Gasteiger partial charge in [0.1, 0.15) is 0 Å². The molecule has 3 aromatic rings. The van der Waals surface area contributed by atoms with Crippen molar-refractivity contribution in [2.75, 3.05) is 0 Å². The molecule has 0 atom stereocenters. The van der Waals surface area contributed by atoms with Crippen molar-refractivity contribution in [3.8, 4) is 0 Å². The highest BCUT2D eigenvalue weighted by Crippen LogP contribution is 2.18. The van der Waals surface area contributed by atoms with Crippen molar-refractivity contribution < 1.29 is 0 Å². The number of nitrogens with zero attached hydrogens (tertiary/aromatic N) is 1. The van der Waals surface area contributed by atoms with Gasteiger partial charge in [-0.05, 0) is 31.2 Å². The minimum Gasteiger partial charge on any atom is -0.317 e. The Morgan fingerprint density at radius 1 is 1.06 bits per heavy atom. The van der Waals surface area contributed by atoms with Gasteiger partial charge in [-0.15, -0.1) is 0 Å². The van der Waals surface area contributed by atoms with Gasteiger partial charge in [0.15, 0.2) is 5.43 Å². The number of aromatic nitrogens is 1. The van der Waals surface area contributed by atoms with Gasteiger partial charge in [-0.3, -0.25) is 4.79 Å². The third kappa shape index (κ3) is 1.24. The van der Waals surface area contributed by atoms with Crippen LogP contribution in [0.5, 0.6) is 0 Å². The first kappa shape index (κ1) is 10.1. The maximum atomic E-state index is 12.0. The van der Waals surface area contributed by atoms with Gasteiger partial charge in [0.2, 0.25) is 0 Å². The van der Waals surface area contributed by atoms with E-state index in [0.717, 1.165) is 32.9 Å². The molecule has 2 aromatic heterocycles. The van der Waals surface area contributed by atoms with E-state index in [9.17, 15) is 4.79 Å². The number of rotatable bonds is 0. The number of para-hydroxylation sites is 1. The number of hydrogen-bond acceptors (Lipinski definition) is 1. The summed E-state index contributed by atoms with van der Waals surface area (Å²) in [6.07, 6.45) is 0. The second-order valence-corrected chi connectivity index (χ2v) is 4.50. The zero-order valence-corrected chi connectivity index (χ0v) is 9.95. The van der Waals surface area contributed by atoms with E-state index in [-0.39, 0.29) is 5.43 Å². The molecule has 2 heteroatoms. The van der Waals surface area contributed by atoms with Gasteiger partial charge >= 0.3 is 0 Å². The first-order valence-corrected chi connectivity index (χ1v) is 5.63. The predicted molar refractivity (Wildman–Crippen MR) is 71.4 cm³/mol. The highest BCUT2D eigenvalue weighted by Gasteiger charge is 2.08. The molecule has 0 aliphatic heterocycles. The normalized spacial score (nSPS) is 11.4. The Morgan fingerprint density at radius 2 is 1.71 bits per heavy atom. The SMILES string of the molecule is C=c1cc(C)n2c(C)cc(=O)c3cccc1c32. The molecule has 0 unspecified atom stereocenters. The van der Waals surface area contributed by atoms with Crippen LogP contribution >= 0.6 is 0 Å². The fraction of sp³-hybridized carbons (Fsp3) is 0.133. The van der Waals surface area contributed by atoms with Gasteiger partial charge in [-0.2, -0.15) is 0 Å². The van der Waals surface area contributed by atoms with E-state index in [4.69, 9.17) is 0 Å². The molecule has 0 bridgehead atoms. The van der Waals surface area contributed by atoms with Crippen molar-refractivity contribution in [3.63, 3.8) is 0 Å². The average molecular weight is 223 g/mol. The van der Waals surface area contributed by atoms with Crippen LogP contribution in [0.4, 0.5) is 0 Å². The number of pyridine rings is 2. The third-order valence-corrected chi connectivity index (χ3v) is 3.30. The smallest absolute Gasteiger partial charge is 0.189 e. The third-order valence-electron chi connectivity index (χ3n) is 3.30. The topological polar surface area (TPSA) is 21.5 Å². The van der Waals surface area contributed by atoms with Gasteiger partial charge in [0, 0.05) is 28.2 Å². The van der Waals surface area contributed by atoms with Crippen LogP contribution in [0.2, 0.25) is 0 Å². The van der Waals surface area contributed by atoms with Crippen molar-refractivity contribution in [3.05, 3.63) is 57.2 Å². The lowest BCUT2D eigenvalue weighted by Crippen LogP contribution is -2.14. The second-order valence-electron chi connectivity index (χ2n) is 4.50. The minimum atomic E-state index is 0.0816. The molecule has 0 saturated heterocycles. The van der Waals surface area contributed by atoms with Crippen molar-refractivity contribution >= 4 is 22.9 Å². The molecular weight excluding hydrogens is 210 g/mol. The average Bonchev–Trinajstić information content (AvgIpc) is 2.27. The number of hydrogen-bond donors (Lipinski definition) is 0. The molecule has 1 aromatic carbocycles. The summed E-state index contributed by atoms with van der Waals surface area (Å²) in [7, 11) is 0. The fourth-order valence-corrected chi connectivity index (χ4v) is 2.60. The Kier molecular flexibility index (Phi) is 1.90. The van der Waals surface area contributed by atoms with Crippen molar-refractivity contribution in [2.24, 2.45) is 0 Å². The molecule has 3 rings (SSSR count). The molecule has 84 valence electrons. The van der Waals surface area contributed by atoms with Crippen LogP contribution < -0.4 is 10.6 Å². The summed E-state index contributed by atoms with van der Waals surface area (Å²) in [5.41, 5.74) is 3.15. The summed E-state index contributed by atoms with van der Waals surface area (Å²) in [6.45, 7) is 8.06. The van der Waals surface area contributed by atoms with Gasteiger partial charge < -0.3 is 4.40 Å². The summed E-state index contributed by atoms with van der Waals surface area (Å²) < 4.78 is 2.13. The molecule has 0 aliphatic rings. The van der Waals surface area contributed by atoms with E-state index in [2.05, 4.69) is 17.0 Å². The lowest BCUT2D eigenvalue weighted by molar-refractivity contribution is 1.02. The molecular formula is C15H13NO. The van der Waals surface area contributed by atoms with Crippen LogP contribution in [0.1, 0.15) is 11.4 Å². The Hall–Kier alpha value is -2.09. The second kappa shape index (κ2) is 3.20. The maximum absolute atomic E-state index is 12.0. The van der Waals surface area contributed by atoms with E-state index < -0.39 is 0 Å². The molecule has 0 N–H and O–H groups in total. The van der Waals surface area contributed by atoms with E-state index in [1.165, 1.54) is 0 Å². The first-order valence-electron chi connectivity index (χ1n) is 5.63. The van der Waals surface area contributed by atoms with Crippen LogP contribution in [-0.4, -0.2) is 4.40 Å². The summed E-state index contributed by atoms with van der Waals surface area (Å²) in [6, 6.07) is 9.56. The van der Waals surface area contributed by atoms with E-state index in [0.29, 0.717) is 0 Å². The van der Waals surface area contributed by atoms with Crippen LogP contribution in [0.3, 0.4) is 0 Å². The Labute approximate surface area is 98.8 Å². The lowest BCUT2D eigenvalue weighted by Gasteiger charge is -2.13. The fourth-order valence-electron chi connectivity index (χ4n) is 2.60. The molecule has 17 heavy (non-hydrogen) atoms. The summed E-state index contributed by atoms with van der Waals surface area (Å²) in [4.78, 5) is 12.0. The van der Waals surface area contributed by atoms with Gasteiger partial charge in [0.05, 0.1) is 5.52 Å². The minimum absolute atomic E-state index is 0.0816. The zero-order chi connectivity index (χ0) is 12.2. The first-order chi connectivity index (χ1) is 8.09. The molecule has 0 spiro atoms. The summed E-state index contributed by atoms with van der Waals surface area (Å²) in [5, 5.41) is 2.79. The molecule has 0 aliphatic carbocycles. The van der Waals surface area contributed by atoms with Crippen LogP contribution in [0, 0.1) is 13.8 Å². The van der Waals surface area contributed by atoms with E-state index in [1.807, 2.05) is 32.0 Å². The highest BCUT2D eigenvalue weighted by atomic mass is 16.1. The molecule has 2 heterocycles.